The molecule has 2 heterocycles. The normalized spacial score (nSPS) is 17.1. The average molecular weight is 416 g/mol. The molecule has 1 aromatic heterocycles. The minimum absolute atomic E-state index is 0.0463. The fourth-order valence-electron chi connectivity index (χ4n) is 3.72. The number of carbonyl (C=O) groups excluding carboxylic acids is 1. The van der Waals surface area contributed by atoms with Gasteiger partial charge in [-0.2, -0.15) is 0 Å². The molecule has 0 bridgehead atoms. The second kappa shape index (κ2) is 7.98. The number of piperidine rings is 1. The number of rotatable bonds is 3. The SMILES string of the molecule is CC(C)(C)OC(=O)NC1(c2cccc(C(C)(C)C)c2)CCN(c2nccs2)CC1. The molecule has 1 saturated heterocycles. The van der Waals surface area contributed by atoms with Crippen LogP contribution in [0.25, 0.3) is 0 Å². The number of anilines is 1. The molecule has 0 spiro atoms. The fourth-order valence-corrected chi connectivity index (χ4v) is 4.42. The Labute approximate surface area is 178 Å². The lowest BCUT2D eigenvalue weighted by Gasteiger charge is -2.43. The minimum Gasteiger partial charge on any atom is -0.444 e. The summed E-state index contributed by atoms with van der Waals surface area (Å²) in [5, 5.41) is 6.29. The van der Waals surface area contributed by atoms with E-state index in [2.05, 4.69) is 60.2 Å². The van der Waals surface area contributed by atoms with E-state index in [1.807, 2.05) is 32.3 Å². The highest BCUT2D eigenvalue weighted by atomic mass is 32.1. The molecule has 29 heavy (non-hydrogen) atoms. The van der Waals surface area contributed by atoms with Gasteiger partial charge in [-0.25, -0.2) is 9.78 Å². The Morgan fingerprint density at radius 1 is 1.17 bits per heavy atom. The Hall–Kier alpha value is -2.08. The lowest BCUT2D eigenvalue weighted by Crippen LogP contribution is -2.54. The van der Waals surface area contributed by atoms with Gasteiger partial charge in [-0.15, -0.1) is 11.3 Å². The van der Waals surface area contributed by atoms with Crippen molar-refractivity contribution >= 4 is 22.6 Å². The van der Waals surface area contributed by atoms with E-state index in [4.69, 9.17) is 4.74 Å². The molecule has 2 aromatic rings. The van der Waals surface area contributed by atoms with E-state index in [-0.39, 0.29) is 11.5 Å². The summed E-state index contributed by atoms with van der Waals surface area (Å²) < 4.78 is 5.61. The van der Waals surface area contributed by atoms with E-state index >= 15 is 0 Å². The second-order valence-corrected chi connectivity index (χ2v) is 10.7. The third-order valence-corrected chi connectivity index (χ3v) is 6.16. The molecule has 0 saturated carbocycles. The molecule has 1 N–H and O–H groups in total. The summed E-state index contributed by atoms with van der Waals surface area (Å²) in [7, 11) is 0. The highest BCUT2D eigenvalue weighted by molar-refractivity contribution is 7.13. The molecule has 1 aliphatic rings. The first-order chi connectivity index (χ1) is 13.5. The van der Waals surface area contributed by atoms with E-state index in [0.717, 1.165) is 36.6 Å². The van der Waals surface area contributed by atoms with Crippen molar-refractivity contribution in [3.63, 3.8) is 0 Å². The van der Waals surface area contributed by atoms with Crippen LogP contribution in [-0.4, -0.2) is 29.8 Å². The number of amides is 1. The summed E-state index contributed by atoms with van der Waals surface area (Å²) in [4.78, 5) is 19.5. The molecule has 1 fully saturated rings. The van der Waals surface area contributed by atoms with Crippen LogP contribution >= 0.6 is 11.3 Å². The van der Waals surface area contributed by atoms with Crippen molar-refractivity contribution in [2.45, 2.75) is 70.9 Å². The summed E-state index contributed by atoms with van der Waals surface area (Å²) in [5.41, 5.74) is 1.49. The maximum Gasteiger partial charge on any atom is 0.408 e. The Morgan fingerprint density at radius 2 is 1.86 bits per heavy atom. The zero-order valence-corrected chi connectivity index (χ0v) is 19.2. The van der Waals surface area contributed by atoms with Crippen molar-refractivity contribution in [2.75, 3.05) is 18.0 Å². The Balaban J connectivity index is 1.89. The highest BCUT2D eigenvalue weighted by Crippen LogP contribution is 2.37. The Morgan fingerprint density at radius 3 is 2.41 bits per heavy atom. The number of hydrogen-bond donors (Lipinski definition) is 1. The third kappa shape index (κ3) is 5.30. The number of thiazole rings is 1. The standard InChI is InChI=1S/C23H33N3O2S/c1-21(2,3)17-8-7-9-18(16-17)23(25-20(27)28-22(4,5)6)10-13-26(14-11-23)19-24-12-15-29-19/h7-9,12,15-16H,10-11,13-14H2,1-6H3,(H,25,27). The van der Waals surface area contributed by atoms with E-state index < -0.39 is 11.1 Å². The van der Waals surface area contributed by atoms with Crippen molar-refractivity contribution < 1.29 is 9.53 Å². The fraction of sp³-hybridized carbons (Fsp3) is 0.565. The topological polar surface area (TPSA) is 54.5 Å². The van der Waals surface area contributed by atoms with E-state index in [1.165, 1.54) is 5.56 Å². The first-order valence-electron chi connectivity index (χ1n) is 10.3. The Kier molecular flexibility index (Phi) is 5.95. The molecule has 5 nitrogen and oxygen atoms in total. The molecule has 0 atom stereocenters. The maximum atomic E-state index is 12.7. The average Bonchev–Trinajstić information content (AvgIpc) is 3.14. The molecule has 3 rings (SSSR count). The predicted molar refractivity (Wildman–Crippen MR) is 120 cm³/mol. The van der Waals surface area contributed by atoms with Crippen LogP contribution in [0.2, 0.25) is 0 Å². The summed E-state index contributed by atoms with van der Waals surface area (Å²) in [6, 6.07) is 8.64. The first kappa shape index (κ1) is 21.6. The van der Waals surface area contributed by atoms with Crippen molar-refractivity contribution in [3.8, 4) is 0 Å². The van der Waals surface area contributed by atoms with Gasteiger partial charge in [0, 0.05) is 24.7 Å². The quantitative estimate of drug-likeness (QED) is 0.723. The zero-order chi connectivity index (χ0) is 21.3. The van der Waals surface area contributed by atoms with Gasteiger partial charge >= 0.3 is 6.09 Å². The number of nitrogens with zero attached hydrogens (tertiary/aromatic N) is 2. The smallest absolute Gasteiger partial charge is 0.408 e. The van der Waals surface area contributed by atoms with Crippen LogP contribution in [0.5, 0.6) is 0 Å². The number of benzene rings is 1. The lowest BCUT2D eigenvalue weighted by atomic mass is 9.78. The van der Waals surface area contributed by atoms with Gasteiger partial charge in [-0.05, 0) is 50.2 Å². The summed E-state index contributed by atoms with van der Waals surface area (Å²) in [6.45, 7) is 14.0. The largest absolute Gasteiger partial charge is 0.444 e. The molecule has 0 radical (unpaired) electrons. The molecule has 1 aliphatic heterocycles. The number of carbonyl (C=O) groups is 1. The lowest BCUT2D eigenvalue weighted by molar-refractivity contribution is 0.0431. The molecule has 1 amide bonds. The molecule has 0 aliphatic carbocycles. The molecule has 158 valence electrons. The van der Waals surface area contributed by atoms with E-state index in [9.17, 15) is 4.79 Å². The van der Waals surface area contributed by atoms with Gasteiger partial charge in [0.15, 0.2) is 5.13 Å². The molecule has 1 aromatic carbocycles. The summed E-state index contributed by atoms with van der Waals surface area (Å²) in [6.07, 6.45) is 3.09. The van der Waals surface area contributed by atoms with Gasteiger partial charge in [0.2, 0.25) is 0 Å². The van der Waals surface area contributed by atoms with Gasteiger partial charge in [-0.3, -0.25) is 0 Å². The van der Waals surface area contributed by atoms with Crippen LogP contribution in [0.4, 0.5) is 9.93 Å². The van der Waals surface area contributed by atoms with Gasteiger partial charge < -0.3 is 15.0 Å². The van der Waals surface area contributed by atoms with Gasteiger partial charge in [0.05, 0.1) is 5.54 Å². The van der Waals surface area contributed by atoms with Crippen molar-refractivity contribution in [1.82, 2.24) is 10.3 Å². The number of ether oxygens (including phenoxy) is 1. The van der Waals surface area contributed by atoms with Crippen LogP contribution in [0, 0.1) is 0 Å². The number of alkyl carbamates (subject to hydrolysis) is 1. The predicted octanol–water partition coefficient (Wildman–Crippen LogP) is 5.46. The number of aromatic nitrogens is 1. The van der Waals surface area contributed by atoms with Crippen molar-refractivity contribution in [3.05, 3.63) is 47.0 Å². The van der Waals surface area contributed by atoms with Crippen LogP contribution in [0.1, 0.15) is 65.5 Å². The van der Waals surface area contributed by atoms with Gasteiger partial charge in [-0.1, -0.05) is 45.0 Å². The maximum absolute atomic E-state index is 12.7. The van der Waals surface area contributed by atoms with Crippen molar-refractivity contribution in [1.29, 1.82) is 0 Å². The van der Waals surface area contributed by atoms with E-state index in [1.54, 1.807) is 11.3 Å². The zero-order valence-electron chi connectivity index (χ0n) is 18.4. The van der Waals surface area contributed by atoms with Crippen LogP contribution in [0.15, 0.2) is 35.8 Å². The minimum atomic E-state index is -0.528. The number of nitrogens with one attached hydrogen (secondary N) is 1. The first-order valence-corrected chi connectivity index (χ1v) is 11.1. The molecular formula is C23H33N3O2S. The summed E-state index contributed by atoms with van der Waals surface area (Å²) >= 11 is 1.66. The number of hydrogen-bond acceptors (Lipinski definition) is 5. The van der Waals surface area contributed by atoms with Gasteiger partial charge in [0.1, 0.15) is 5.60 Å². The van der Waals surface area contributed by atoms with Crippen LogP contribution < -0.4 is 10.2 Å². The monoisotopic (exact) mass is 415 g/mol. The second-order valence-electron chi connectivity index (χ2n) is 9.84. The molecule has 6 heteroatoms. The van der Waals surface area contributed by atoms with E-state index in [0.29, 0.717) is 0 Å². The van der Waals surface area contributed by atoms with Crippen LogP contribution in [-0.2, 0) is 15.7 Å². The highest BCUT2D eigenvalue weighted by Gasteiger charge is 2.39. The molecular weight excluding hydrogens is 382 g/mol. The summed E-state index contributed by atoms with van der Waals surface area (Å²) in [5.74, 6) is 0. The Bertz CT molecular complexity index is 827. The van der Waals surface area contributed by atoms with Gasteiger partial charge in [0.25, 0.3) is 0 Å². The van der Waals surface area contributed by atoms with Crippen molar-refractivity contribution in [2.24, 2.45) is 0 Å². The molecule has 0 unspecified atom stereocenters. The van der Waals surface area contributed by atoms with Crippen LogP contribution in [0.3, 0.4) is 0 Å². The third-order valence-electron chi connectivity index (χ3n) is 5.33.